The lowest BCUT2D eigenvalue weighted by atomic mass is 9.75. The van der Waals surface area contributed by atoms with E-state index in [9.17, 15) is 0 Å². The summed E-state index contributed by atoms with van der Waals surface area (Å²) in [6, 6.07) is 5.90. The van der Waals surface area contributed by atoms with Crippen LogP contribution in [0.1, 0.15) is 84.5 Å². The van der Waals surface area contributed by atoms with Crippen LogP contribution in [-0.2, 0) is 0 Å². The van der Waals surface area contributed by atoms with Crippen LogP contribution in [0.2, 0.25) is 0 Å². The molecule has 2 aliphatic carbocycles. The number of hydrogen-bond acceptors (Lipinski definition) is 4. The summed E-state index contributed by atoms with van der Waals surface area (Å²) in [5.74, 6) is 1.77. The van der Waals surface area contributed by atoms with Gasteiger partial charge in [-0.15, -0.1) is 0 Å². The molecule has 2 aliphatic rings. The van der Waals surface area contributed by atoms with Gasteiger partial charge in [-0.25, -0.2) is 0 Å². The third-order valence-electron chi connectivity index (χ3n) is 6.36. The van der Waals surface area contributed by atoms with Crippen LogP contribution in [0.25, 0.3) is 0 Å². The summed E-state index contributed by atoms with van der Waals surface area (Å²) >= 11 is 0. The van der Waals surface area contributed by atoms with Crippen molar-refractivity contribution in [3.05, 3.63) is 0 Å². The molecule has 0 heterocycles. The third-order valence-corrected chi connectivity index (χ3v) is 6.36. The largest absolute Gasteiger partial charge is 0.299 e. The van der Waals surface area contributed by atoms with Gasteiger partial charge >= 0.3 is 0 Å². The smallest absolute Gasteiger partial charge is 0.0952 e. The van der Waals surface area contributed by atoms with E-state index in [1.165, 1.54) is 57.8 Å². The molecule has 0 spiro atoms. The van der Waals surface area contributed by atoms with Crippen molar-refractivity contribution in [3.63, 3.8) is 0 Å². The van der Waals surface area contributed by atoms with Crippen molar-refractivity contribution < 1.29 is 0 Å². The highest BCUT2D eigenvalue weighted by atomic mass is 15.0. The van der Waals surface area contributed by atoms with Gasteiger partial charge < -0.3 is 0 Å². The molecule has 0 amide bonds. The van der Waals surface area contributed by atoms with E-state index in [0.717, 1.165) is 24.7 Å². The lowest BCUT2D eigenvalue weighted by Gasteiger charge is -2.35. The minimum Gasteiger partial charge on any atom is -0.299 e. The first kappa shape index (κ1) is 20.2. The van der Waals surface area contributed by atoms with Gasteiger partial charge in [0.15, 0.2) is 0 Å². The fourth-order valence-corrected chi connectivity index (χ4v) is 4.66. The Balaban J connectivity index is 1.63. The summed E-state index contributed by atoms with van der Waals surface area (Å²) in [5, 5.41) is 25.2. The highest BCUT2D eigenvalue weighted by Gasteiger charge is 2.28. The van der Waals surface area contributed by atoms with Crippen LogP contribution < -0.4 is 10.6 Å². The average molecular weight is 345 g/mol. The van der Waals surface area contributed by atoms with Crippen LogP contribution in [0.3, 0.4) is 0 Å². The molecule has 2 saturated carbocycles. The number of nitrogens with zero attached hydrogens (tertiary/aromatic N) is 2. The zero-order chi connectivity index (χ0) is 18.1. The highest BCUT2D eigenvalue weighted by Crippen LogP contribution is 2.35. The molecule has 0 saturated heterocycles. The topological polar surface area (TPSA) is 71.6 Å². The van der Waals surface area contributed by atoms with Gasteiger partial charge in [0, 0.05) is 12.1 Å². The maximum atomic E-state index is 9.10. The predicted molar refractivity (Wildman–Crippen MR) is 102 cm³/mol. The summed E-state index contributed by atoms with van der Waals surface area (Å²) in [5.41, 5.74) is 0. The van der Waals surface area contributed by atoms with Crippen molar-refractivity contribution in [2.75, 3.05) is 0 Å². The summed E-state index contributed by atoms with van der Waals surface area (Å²) in [7, 11) is 0. The Morgan fingerprint density at radius 2 is 1.08 bits per heavy atom. The number of nitriles is 2. The van der Waals surface area contributed by atoms with E-state index >= 15 is 0 Å². The van der Waals surface area contributed by atoms with Crippen molar-refractivity contribution in [1.82, 2.24) is 10.6 Å². The van der Waals surface area contributed by atoms with Gasteiger partial charge in [-0.1, -0.05) is 13.8 Å². The van der Waals surface area contributed by atoms with Crippen molar-refractivity contribution in [1.29, 1.82) is 10.5 Å². The van der Waals surface area contributed by atoms with E-state index in [1.807, 2.05) is 0 Å². The Kier molecular flexibility index (Phi) is 8.73. The molecule has 2 atom stereocenters. The molecule has 4 nitrogen and oxygen atoms in total. The molecule has 0 aromatic carbocycles. The normalized spacial score (nSPS) is 32.3. The molecule has 2 rings (SSSR count). The predicted octanol–water partition coefficient (Wildman–Crippen LogP) is 4.28. The maximum absolute atomic E-state index is 9.10. The first-order valence-electron chi connectivity index (χ1n) is 10.5. The Morgan fingerprint density at radius 3 is 1.36 bits per heavy atom. The van der Waals surface area contributed by atoms with Crippen molar-refractivity contribution in [2.45, 2.75) is 109 Å². The van der Waals surface area contributed by atoms with Crippen LogP contribution in [0.15, 0.2) is 0 Å². The Labute approximate surface area is 154 Å². The van der Waals surface area contributed by atoms with Crippen molar-refractivity contribution >= 4 is 0 Å². The van der Waals surface area contributed by atoms with Crippen LogP contribution in [0, 0.1) is 34.5 Å². The van der Waals surface area contributed by atoms with Gasteiger partial charge in [0.2, 0.25) is 0 Å². The molecule has 0 bridgehead atoms. The molecule has 0 radical (unpaired) electrons. The van der Waals surface area contributed by atoms with Crippen LogP contribution in [0.5, 0.6) is 0 Å². The second-order valence-corrected chi connectivity index (χ2v) is 8.18. The van der Waals surface area contributed by atoms with E-state index in [2.05, 4.69) is 36.6 Å². The molecule has 0 aromatic heterocycles. The van der Waals surface area contributed by atoms with E-state index < -0.39 is 0 Å². The summed E-state index contributed by atoms with van der Waals surface area (Å²) in [4.78, 5) is 0. The SMILES string of the molecule is CCC(C#N)NC1CCC(CC2CCC(NC(C#N)CC)CC2)CC1. The first-order valence-corrected chi connectivity index (χ1v) is 10.5. The Morgan fingerprint density at radius 1 is 0.720 bits per heavy atom. The fourth-order valence-electron chi connectivity index (χ4n) is 4.66. The Hall–Kier alpha value is -1.10. The van der Waals surface area contributed by atoms with E-state index in [4.69, 9.17) is 10.5 Å². The summed E-state index contributed by atoms with van der Waals surface area (Å²) < 4.78 is 0. The van der Waals surface area contributed by atoms with Crippen LogP contribution in [-0.4, -0.2) is 24.2 Å². The molecular weight excluding hydrogens is 308 g/mol. The van der Waals surface area contributed by atoms with Gasteiger partial charge in [-0.05, 0) is 82.5 Å². The fraction of sp³-hybridized carbons (Fsp3) is 0.905. The second-order valence-electron chi connectivity index (χ2n) is 8.18. The minimum atomic E-state index is 0.0321. The molecule has 140 valence electrons. The molecule has 0 aromatic rings. The lowest BCUT2D eigenvalue weighted by molar-refractivity contribution is 0.202. The minimum absolute atomic E-state index is 0.0321. The van der Waals surface area contributed by atoms with E-state index in [-0.39, 0.29) is 12.1 Å². The molecule has 25 heavy (non-hydrogen) atoms. The Bertz CT molecular complexity index is 405. The zero-order valence-electron chi connectivity index (χ0n) is 16.1. The molecule has 2 unspecified atom stereocenters. The van der Waals surface area contributed by atoms with E-state index in [0.29, 0.717) is 12.1 Å². The molecule has 2 N–H and O–H groups in total. The second kappa shape index (κ2) is 10.8. The maximum Gasteiger partial charge on any atom is 0.0952 e. The molecule has 0 aliphatic heterocycles. The standard InChI is InChI=1S/C21H36N4/c1-3-18(14-22)24-20-9-5-16(6-10-20)13-17-7-11-21(12-8-17)25-19(4-2)15-23/h16-21,24-25H,3-13H2,1-2H3. The van der Waals surface area contributed by atoms with Gasteiger partial charge in [-0.3, -0.25) is 10.6 Å². The van der Waals surface area contributed by atoms with Gasteiger partial charge in [0.1, 0.15) is 0 Å². The molecule has 4 heteroatoms. The number of hydrogen-bond donors (Lipinski definition) is 2. The van der Waals surface area contributed by atoms with Gasteiger partial charge in [0.25, 0.3) is 0 Å². The lowest BCUT2D eigenvalue weighted by Crippen LogP contribution is -2.40. The third kappa shape index (κ3) is 6.61. The van der Waals surface area contributed by atoms with Crippen LogP contribution in [0.4, 0.5) is 0 Å². The zero-order valence-corrected chi connectivity index (χ0v) is 16.1. The van der Waals surface area contributed by atoms with E-state index in [1.54, 1.807) is 0 Å². The number of nitrogens with one attached hydrogen (secondary N) is 2. The molecular formula is C21H36N4. The number of rotatable bonds is 8. The van der Waals surface area contributed by atoms with Crippen molar-refractivity contribution in [3.8, 4) is 12.1 Å². The summed E-state index contributed by atoms with van der Waals surface area (Å²) in [6.07, 6.45) is 13.4. The summed E-state index contributed by atoms with van der Waals surface area (Å²) in [6.45, 7) is 4.16. The monoisotopic (exact) mass is 344 g/mol. The first-order chi connectivity index (χ1) is 12.2. The molecule has 2 fully saturated rings. The highest BCUT2D eigenvalue weighted by molar-refractivity contribution is 4.93. The van der Waals surface area contributed by atoms with Crippen molar-refractivity contribution in [2.24, 2.45) is 11.8 Å². The van der Waals surface area contributed by atoms with Gasteiger partial charge in [0.05, 0.1) is 24.2 Å². The quantitative estimate of drug-likeness (QED) is 0.689. The average Bonchev–Trinajstić information content (AvgIpc) is 2.66. The van der Waals surface area contributed by atoms with Crippen LogP contribution >= 0.6 is 0 Å². The van der Waals surface area contributed by atoms with Gasteiger partial charge in [-0.2, -0.15) is 10.5 Å².